The Bertz CT molecular complexity index is 834. The van der Waals surface area contributed by atoms with Crippen LogP contribution in [0.5, 0.6) is 0 Å². The SMILES string of the molecule is CC.CNCCOCCOCC(=O)NCC(OC(C)=O)c1cc[c-]cc1.O=CCCN1C(=O)C=CC1=O.[Y]. The van der Waals surface area contributed by atoms with Gasteiger partial charge in [0, 0.05) is 71.3 Å². The van der Waals surface area contributed by atoms with E-state index < -0.39 is 12.1 Å². The van der Waals surface area contributed by atoms with Crippen LogP contribution < -0.4 is 10.6 Å². The van der Waals surface area contributed by atoms with Gasteiger partial charge in [0.15, 0.2) is 0 Å². The molecule has 1 atom stereocenters. The second-order valence-corrected chi connectivity index (χ2v) is 7.12. The summed E-state index contributed by atoms with van der Waals surface area (Å²) in [6.45, 7) is 7.80. The number of hydrogen-bond acceptors (Lipinski definition) is 9. The fraction of sp³-hybridized carbons (Fsp3) is 0.500. The number of carbonyl (C=O) groups is 5. The van der Waals surface area contributed by atoms with Gasteiger partial charge in [-0.2, -0.15) is 30.3 Å². The number of nitrogens with zero attached hydrogens (tertiary/aromatic N) is 1. The van der Waals surface area contributed by atoms with Crippen molar-refractivity contribution in [2.45, 2.75) is 33.3 Å². The number of likely N-dealkylation sites (N-methyl/N-ethyl adjacent to an activating group) is 1. The van der Waals surface area contributed by atoms with Gasteiger partial charge >= 0.3 is 5.97 Å². The normalized spacial score (nSPS) is 12.3. The van der Waals surface area contributed by atoms with Crippen LogP contribution in [0.25, 0.3) is 0 Å². The van der Waals surface area contributed by atoms with Crippen molar-refractivity contribution in [1.82, 2.24) is 15.5 Å². The Morgan fingerprint density at radius 2 is 1.66 bits per heavy atom. The molecule has 0 aliphatic carbocycles. The van der Waals surface area contributed by atoms with Gasteiger partial charge in [-0.05, 0) is 7.05 Å². The van der Waals surface area contributed by atoms with E-state index in [1.54, 1.807) is 24.3 Å². The van der Waals surface area contributed by atoms with Gasteiger partial charge in [0.05, 0.1) is 26.4 Å². The Morgan fingerprint density at radius 1 is 1.05 bits per heavy atom. The number of hydrogen-bond donors (Lipinski definition) is 2. The average Bonchev–Trinajstić information content (AvgIpc) is 3.23. The molecule has 0 aromatic heterocycles. The summed E-state index contributed by atoms with van der Waals surface area (Å²) in [6, 6.07) is 9.93. The van der Waals surface area contributed by atoms with E-state index in [1.807, 2.05) is 20.9 Å². The molecule has 0 spiro atoms. The maximum atomic E-state index is 11.8. The Morgan fingerprint density at radius 3 is 2.21 bits per heavy atom. The molecule has 209 valence electrons. The number of rotatable bonds is 15. The van der Waals surface area contributed by atoms with E-state index >= 15 is 0 Å². The molecule has 1 aromatic rings. The monoisotopic (exact) mass is 609 g/mol. The minimum atomic E-state index is -0.536. The van der Waals surface area contributed by atoms with Gasteiger partial charge in [-0.25, -0.2) is 0 Å². The van der Waals surface area contributed by atoms with Crippen LogP contribution in [0, 0.1) is 6.07 Å². The number of aldehydes is 1. The molecule has 0 fully saturated rings. The Kier molecular flexibility index (Phi) is 24.9. The van der Waals surface area contributed by atoms with Crippen LogP contribution in [0.15, 0.2) is 36.4 Å². The number of amides is 3. The summed E-state index contributed by atoms with van der Waals surface area (Å²) in [4.78, 5) is 55.5. The third-order valence-corrected chi connectivity index (χ3v) is 4.38. The molecule has 1 aliphatic heterocycles. The van der Waals surface area contributed by atoms with E-state index in [4.69, 9.17) is 14.2 Å². The quantitative estimate of drug-likeness (QED) is 0.0980. The van der Waals surface area contributed by atoms with Crippen LogP contribution >= 0.6 is 0 Å². The van der Waals surface area contributed by atoms with E-state index in [0.29, 0.717) is 26.1 Å². The number of benzene rings is 1. The predicted molar refractivity (Wildman–Crippen MR) is 136 cm³/mol. The molecule has 0 saturated heterocycles. The Balaban J connectivity index is 0. The second kappa shape index (κ2) is 25.0. The third kappa shape index (κ3) is 18.0. The first-order valence-corrected chi connectivity index (χ1v) is 12.1. The minimum Gasteiger partial charge on any atom is -0.458 e. The van der Waals surface area contributed by atoms with Crippen LogP contribution in [-0.2, 0) is 70.9 Å². The van der Waals surface area contributed by atoms with Crippen molar-refractivity contribution in [3.05, 3.63) is 48.0 Å². The van der Waals surface area contributed by atoms with E-state index in [2.05, 4.69) is 16.7 Å². The van der Waals surface area contributed by atoms with Gasteiger partial charge in [0.25, 0.3) is 11.8 Å². The van der Waals surface area contributed by atoms with Crippen molar-refractivity contribution in [2.24, 2.45) is 0 Å². The van der Waals surface area contributed by atoms with E-state index in [-0.39, 0.29) is 76.5 Å². The fourth-order valence-corrected chi connectivity index (χ4v) is 2.69. The zero-order chi connectivity index (χ0) is 27.9. The second-order valence-electron chi connectivity index (χ2n) is 7.12. The van der Waals surface area contributed by atoms with Gasteiger partial charge in [-0.3, -0.25) is 24.1 Å². The summed E-state index contributed by atoms with van der Waals surface area (Å²) in [5.74, 6) is -1.35. The molecular formula is C26H38N3O8Y-. The van der Waals surface area contributed by atoms with Crippen molar-refractivity contribution >= 4 is 30.0 Å². The zero-order valence-corrected chi connectivity index (χ0v) is 25.4. The summed E-state index contributed by atoms with van der Waals surface area (Å²) in [5.41, 5.74) is 0.795. The van der Waals surface area contributed by atoms with Crippen molar-refractivity contribution in [2.75, 3.05) is 53.1 Å². The van der Waals surface area contributed by atoms with Gasteiger partial charge in [0.1, 0.15) is 19.0 Å². The molecule has 1 heterocycles. The fourth-order valence-electron chi connectivity index (χ4n) is 2.69. The first-order chi connectivity index (χ1) is 17.9. The summed E-state index contributed by atoms with van der Waals surface area (Å²) in [7, 11) is 1.85. The zero-order valence-electron chi connectivity index (χ0n) is 22.6. The maximum Gasteiger partial charge on any atom is 0.303 e. The van der Waals surface area contributed by atoms with Crippen LogP contribution in [-0.4, -0.2) is 88.0 Å². The van der Waals surface area contributed by atoms with Crippen molar-refractivity contribution in [3.63, 3.8) is 0 Å². The Hall–Kier alpha value is -2.31. The molecule has 38 heavy (non-hydrogen) atoms. The first kappa shape index (κ1) is 37.8. The van der Waals surface area contributed by atoms with Crippen molar-refractivity contribution in [1.29, 1.82) is 0 Å². The molecule has 2 N–H and O–H groups in total. The summed E-state index contributed by atoms with van der Waals surface area (Å²) < 4.78 is 15.7. The van der Waals surface area contributed by atoms with Crippen LogP contribution in [0.2, 0.25) is 0 Å². The van der Waals surface area contributed by atoms with E-state index in [9.17, 15) is 24.0 Å². The van der Waals surface area contributed by atoms with Crippen molar-refractivity contribution < 1.29 is 70.9 Å². The Labute approximate surface area is 249 Å². The van der Waals surface area contributed by atoms with Crippen LogP contribution in [0.1, 0.15) is 38.9 Å². The number of imide groups is 1. The standard InChI is InChI=1S/C17H25N2O5.C7H7NO3.C2H6.Y/c1-14(20)24-16(15-6-4-3-5-7-15)12-19-17(21)13-23-11-10-22-9-8-18-2;9-5-1-4-8-6(10)2-3-7(8)11;1-2;/h4-7,16,18H,8-13H2,1-2H3,(H,19,21);2-3,5H,1,4H2;1-2H3;/q-1;;;. The minimum absolute atomic E-state index is 0. The molecule has 11 nitrogen and oxygen atoms in total. The number of carbonyl (C=O) groups excluding carboxylic acids is 5. The molecule has 1 aromatic carbocycles. The van der Waals surface area contributed by atoms with Gasteiger partial charge < -0.3 is 29.6 Å². The van der Waals surface area contributed by atoms with Crippen LogP contribution in [0.3, 0.4) is 0 Å². The molecule has 0 saturated carbocycles. The van der Waals surface area contributed by atoms with Gasteiger partial charge in [0.2, 0.25) is 5.91 Å². The first-order valence-electron chi connectivity index (χ1n) is 12.1. The predicted octanol–water partition coefficient (Wildman–Crippen LogP) is 0.984. The number of nitrogens with one attached hydrogen (secondary N) is 2. The number of esters is 1. The third-order valence-electron chi connectivity index (χ3n) is 4.38. The molecule has 1 unspecified atom stereocenters. The largest absolute Gasteiger partial charge is 0.458 e. The van der Waals surface area contributed by atoms with Crippen molar-refractivity contribution in [3.8, 4) is 0 Å². The van der Waals surface area contributed by atoms with E-state index in [0.717, 1.165) is 17.0 Å². The smallest absolute Gasteiger partial charge is 0.303 e. The molecule has 3 amide bonds. The molecule has 1 aliphatic rings. The van der Waals surface area contributed by atoms with Gasteiger partial charge in [-0.1, -0.05) is 13.8 Å². The van der Waals surface area contributed by atoms with Gasteiger partial charge in [-0.15, -0.1) is 5.56 Å². The van der Waals surface area contributed by atoms with Crippen LogP contribution in [0.4, 0.5) is 0 Å². The molecule has 0 bridgehead atoms. The summed E-state index contributed by atoms with van der Waals surface area (Å²) in [6.07, 6.45) is 2.75. The topological polar surface area (TPSA) is 140 Å². The molecular weight excluding hydrogens is 571 g/mol. The van der Waals surface area contributed by atoms with E-state index in [1.165, 1.54) is 19.1 Å². The number of ether oxygens (including phenoxy) is 3. The maximum absolute atomic E-state index is 11.8. The average molecular weight is 610 g/mol. The molecule has 12 heteroatoms. The summed E-state index contributed by atoms with van der Waals surface area (Å²) >= 11 is 0. The molecule has 1 radical (unpaired) electrons. The molecule has 2 rings (SSSR count). The summed E-state index contributed by atoms with van der Waals surface area (Å²) in [5, 5.41) is 5.66.